The van der Waals surface area contributed by atoms with Crippen LogP contribution >= 0.6 is 0 Å². The third-order valence-electron chi connectivity index (χ3n) is 2.56. The van der Waals surface area contributed by atoms with E-state index in [1.54, 1.807) is 14.0 Å². The lowest BCUT2D eigenvalue weighted by atomic mass is 10.1. The molecule has 2 aromatic rings. The smallest absolute Gasteiger partial charge is 0.161 e. The van der Waals surface area contributed by atoms with Crippen molar-refractivity contribution >= 4 is 16.7 Å². The first kappa shape index (κ1) is 9.77. The van der Waals surface area contributed by atoms with Crippen molar-refractivity contribution in [2.75, 3.05) is 7.11 Å². The van der Waals surface area contributed by atoms with Crippen LogP contribution in [0.25, 0.3) is 10.9 Å². The Morgan fingerprint density at radius 2 is 2.13 bits per heavy atom. The van der Waals surface area contributed by atoms with E-state index in [4.69, 9.17) is 4.74 Å². The van der Waals surface area contributed by atoms with Gasteiger partial charge in [0.05, 0.1) is 12.6 Å². The average Bonchev–Trinajstić information content (AvgIpc) is 2.56. The van der Waals surface area contributed by atoms with E-state index in [-0.39, 0.29) is 5.78 Å². The third kappa shape index (κ3) is 1.40. The minimum Gasteiger partial charge on any atom is -0.495 e. The number of hydrogen-bond donors (Lipinski definition) is 0. The van der Waals surface area contributed by atoms with Crippen molar-refractivity contribution in [3.8, 4) is 5.75 Å². The van der Waals surface area contributed by atoms with E-state index in [0.717, 1.165) is 22.2 Å². The number of para-hydroxylation sites is 1. The van der Waals surface area contributed by atoms with Gasteiger partial charge >= 0.3 is 0 Å². The van der Waals surface area contributed by atoms with Gasteiger partial charge in [-0.2, -0.15) is 0 Å². The van der Waals surface area contributed by atoms with Gasteiger partial charge in [0.15, 0.2) is 5.78 Å². The lowest BCUT2D eigenvalue weighted by Gasteiger charge is -2.03. The zero-order valence-corrected chi connectivity index (χ0v) is 9.07. The Hall–Kier alpha value is -1.77. The lowest BCUT2D eigenvalue weighted by molar-refractivity contribution is 0.101. The Balaban J connectivity index is 2.85. The third-order valence-corrected chi connectivity index (χ3v) is 2.56. The van der Waals surface area contributed by atoms with Crippen LogP contribution in [0.1, 0.15) is 17.3 Å². The number of aryl methyl sites for hydroxylation is 1. The summed E-state index contributed by atoms with van der Waals surface area (Å²) in [5, 5.41) is 0.948. The Bertz CT molecular complexity index is 526. The van der Waals surface area contributed by atoms with Crippen molar-refractivity contribution in [3.63, 3.8) is 0 Å². The fraction of sp³-hybridized carbons (Fsp3) is 0.250. The summed E-state index contributed by atoms with van der Waals surface area (Å²) in [5.74, 6) is 0.872. The molecular weight excluding hydrogens is 190 g/mol. The molecule has 3 heteroatoms. The molecule has 0 amide bonds. The molecule has 0 saturated carbocycles. The summed E-state index contributed by atoms with van der Waals surface area (Å²) >= 11 is 0. The molecule has 0 unspecified atom stereocenters. The zero-order valence-electron chi connectivity index (χ0n) is 9.07. The molecule has 0 aliphatic carbocycles. The lowest BCUT2D eigenvalue weighted by Crippen LogP contribution is -1.89. The van der Waals surface area contributed by atoms with E-state index >= 15 is 0 Å². The van der Waals surface area contributed by atoms with Gasteiger partial charge in [-0.15, -0.1) is 0 Å². The molecular formula is C12H13NO2. The van der Waals surface area contributed by atoms with Crippen LogP contribution in [-0.2, 0) is 7.05 Å². The number of ketones is 1. The zero-order chi connectivity index (χ0) is 11.0. The number of hydrogen-bond acceptors (Lipinski definition) is 2. The van der Waals surface area contributed by atoms with Crippen LogP contribution < -0.4 is 4.74 Å². The fourth-order valence-corrected chi connectivity index (χ4v) is 1.88. The maximum Gasteiger partial charge on any atom is 0.161 e. The van der Waals surface area contributed by atoms with Crippen LogP contribution in [0, 0.1) is 0 Å². The molecule has 0 aliphatic rings. The van der Waals surface area contributed by atoms with E-state index in [1.807, 2.05) is 36.0 Å². The number of ether oxygens (including phenoxy) is 1. The van der Waals surface area contributed by atoms with Gasteiger partial charge in [-0.1, -0.05) is 12.1 Å². The summed E-state index contributed by atoms with van der Waals surface area (Å²) in [5.41, 5.74) is 1.71. The van der Waals surface area contributed by atoms with Gasteiger partial charge in [-0.05, 0) is 13.0 Å². The predicted molar refractivity (Wildman–Crippen MR) is 59.5 cm³/mol. The summed E-state index contributed by atoms with van der Waals surface area (Å²) in [6, 6.07) is 5.73. The molecule has 0 saturated heterocycles. The van der Waals surface area contributed by atoms with E-state index < -0.39 is 0 Å². The number of carbonyl (C=O) groups is 1. The highest BCUT2D eigenvalue weighted by Crippen LogP contribution is 2.29. The van der Waals surface area contributed by atoms with Gasteiger partial charge in [0, 0.05) is 24.2 Å². The van der Waals surface area contributed by atoms with Crippen LogP contribution in [-0.4, -0.2) is 17.5 Å². The van der Waals surface area contributed by atoms with Crippen molar-refractivity contribution in [1.29, 1.82) is 0 Å². The molecule has 1 heterocycles. The molecule has 1 aromatic carbocycles. The van der Waals surface area contributed by atoms with E-state index in [1.165, 1.54) is 0 Å². The summed E-state index contributed by atoms with van der Waals surface area (Å²) < 4.78 is 7.19. The quantitative estimate of drug-likeness (QED) is 0.702. The molecule has 15 heavy (non-hydrogen) atoms. The molecule has 3 nitrogen and oxygen atoms in total. The predicted octanol–water partition coefficient (Wildman–Crippen LogP) is 2.39. The van der Waals surface area contributed by atoms with Crippen molar-refractivity contribution < 1.29 is 9.53 Å². The number of carbonyl (C=O) groups excluding carboxylic acids is 1. The summed E-state index contributed by atoms with van der Waals surface area (Å²) in [4.78, 5) is 11.4. The van der Waals surface area contributed by atoms with Gasteiger partial charge in [-0.3, -0.25) is 4.79 Å². The van der Waals surface area contributed by atoms with Crippen LogP contribution in [0.5, 0.6) is 5.75 Å². The number of Topliss-reactive ketones (excluding diaryl/α,β-unsaturated/α-hetero) is 1. The van der Waals surface area contributed by atoms with E-state index in [2.05, 4.69) is 0 Å². The molecule has 0 radical (unpaired) electrons. The van der Waals surface area contributed by atoms with Gasteiger partial charge in [0.1, 0.15) is 5.75 Å². The molecule has 2 rings (SSSR count). The number of fused-ring (bicyclic) bond motifs is 1. The first-order chi connectivity index (χ1) is 7.15. The highest BCUT2D eigenvalue weighted by Gasteiger charge is 2.12. The average molecular weight is 203 g/mol. The number of benzene rings is 1. The molecule has 0 aliphatic heterocycles. The van der Waals surface area contributed by atoms with E-state index in [9.17, 15) is 4.79 Å². The standard InChI is InChI=1S/C12H13NO2/c1-8(14)10-7-13(2)12-9(10)5-4-6-11(12)15-3/h4-7H,1-3H3. The number of methoxy groups -OCH3 is 1. The molecule has 0 N–H and O–H groups in total. The summed E-state index contributed by atoms with van der Waals surface area (Å²) in [6.07, 6.45) is 1.84. The van der Waals surface area contributed by atoms with Crippen molar-refractivity contribution in [3.05, 3.63) is 30.0 Å². The van der Waals surface area contributed by atoms with Crippen molar-refractivity contribution in [2.24, 2.45) is 7.05 Å². The summed E-state index contributed by atoms with van der Waals surface area (Å²) in [7, 11) is 3.55. The normalized spacial score (nSPS) is 10.6. The second-order valence-corrected chi connectivity index (χ2v) is 3.57. The molecule has 1 aromatic heterocycles. The SMILES string of the molecule is COc1cccc2c(C(C)=O)cn(C)c12. The minimum absolute atomic E-state index is 0.0776. The van der Waals surface area contributed by atoms with Gasteiger partial charge < -0.3 is 9.30 Å². The summed E-state index contributed by atoms with van der Waals surface area (Å²) in [6.45, 7) is 1.58. The number of rotatable bonds is 2. The van der Waals surface area contributed by atoms with Gasteiger partial charge in [0.2, 0.25) is 0 Å². The maximum atomic E-state index is 11.4. The first-order valence-corrected chi connectivity index (χ1v) is 4.78. The Morgan fingerprint density at radius 1 is 1.40 bits per heavy atom. The second-order valence-electron chi connectivity index (χ2n) is 3.57. The Labute approximate surface area is 88.3 Å². The Morgan fingerprint density at radius 3 is 2.73 bits per heavy atom. The highest BCUT2D eigenvalue weighted by atomic mass is 16.5. The molecule has 0 fully saturated rings. The van der Waals surface area contributed by atoms with Crippen molar-refractivity contribution in [2.45, 2.75) is 6.92 Å². The molecule has 0 bridgehead atoms. The van der Waals surface area contributed by atoms with E-state index in [0.29, 0.717) is 0 Å². The Kier molecular flexibility index (Phi) is 2.23. The van der Waals surface area contributed by atoms with Crippen LogP contribution in [0.15, 0.2) is 24.4 Å². The second kappa shape index (κ2) is 3.42. The minimum atomic E-state index is 0.0776. The largest absolute Gasteiger partial charge is 0.495 e. The number of nitrogens with zero attached hydrogens (tertiary/aromatic N) is 1. The van der Waals surface area contributed by atoms with Crippen LogP contribution in [0.3, 0.4) is 0 Å². The number of aromatic nitrogens is 1. The fourth-order valence-electron chi connectivity index (χ4n) is 1.88. The molecule has 0 atom stereocenters. The molecule has 0 spiro atoms. The van der Waals surface area contributed by atoms with Crippen LogP contribution in [0.2, 0.25) is 0 Å². The first-order valence-electron chi connectivity index (χ1n) is 4.78. The molecule has 78 valence electrons. The maximum absolute atomic E-state index is 11.4. The monoisotopic (exact) mass is 203 g/mol. The highest BCUT2D eigenvalue weighted by molar-refractivity contribution is 6.08. The van der Waals surface area contributed by atoms with Gasteiger partial charge in [-0.25, -0.2) is 0 Å². The topological polar surface area (TPSA) is 31.2 Å². The van der Waals surface area contributed by atoms with Gasteiger partial charge in [0.25, 0.3) is 0 Å². The van der Waals surface area contributed by atoms with Crippen LogP contribution in [0.4, 0.5) is 0 Å². The van der Waals surface area contributed by atoms with Crippen molar-refractivity contribution in [1.82, 2.24) is 4.57 Å².